The van der Waals surface area contributed by atoms with E-state index in [2.05, 4.69) is 35.8 Å². The molecule has 2 heterocycles. The molecule has 0 amide bonds. The van der Waals surface area contributed by atoms with E-state index >= 15 is 0 Å². The fourth-order valence-electron chi connectivity index (χ4n) is 2.18. The van der Waals surface area contributed by atoms with Crippen LogP contribution >= 0.6 is 11.3 Å². The van der Waals surface area contributed by atoms with Gasteiger partial charge in [-0.25, -0.2) is 0 Å². The predicted octanol–water partition coefficient (Wildman–Crippen LogP) is 1.23. The SMILES string of the molecule is CC1CN(c2nc(O)cs2)CC1N(C)C. The summed E-state index contributed by atoms with van der Waals surface area (Å²) in [7, 11) is 4.23. The number of likely N-dealkylation sites (N-methyl/N-ethyl adjacent to an activating group) is 1. The van der Waals surface area contributed by atoms with Crippen molar-refractivity contribution in [3.63, 3.8) is 0 Å². The molecule has 84 valence electrons. The zero-order valence-corrected chi connectivity index (χ0v) is 10.2. The molecule has 5 heteroatoms. The molecule has 2 atom stereocenters. The van der Waals surface area contributed by atoms with Gasteiger partial charge in [0.2, 0.25) is 5.88 Å². The lowest BCUT2D eigenvalue weighted by Gasteiger charge is -2.22. The number of hydrogen-bond acceptors (Lipinski definition) is 5. The van der Waals surface area contributed by atoms with Crippen LogP contribution in [0, 0.1) is 5.92 Å². The maximum Gasteiger partial charge on any atom is 0.223 e. The van der Waals surface area contributed by atoms with Crippen LogP contribution in [-0.4, -0.2) is 48.2 Å². The minimum absolute atomic E-state index is 0.135. The van der Waals surface area contributed by atoms with Gasteiger partial charge in [0.15, 0.2) is 5.13 Å². The summed E-state index contributed by atoms with van der Waals surface area (Å²) >= 11 is 1.51. The second-order valence-electron chi connectivity index (χ2n) is 4.40. The van der Waals surface area contributed by atoms with Gasteiger partial charge in [-0.15, -0.1) is 11.3 Å². The maximum atomic E-state index is 9.22. The van der Waals surface area contributed by atoms with Gasteiger partial charge in [-0.1, -0.05) is 6.92 Å². The van der Waals surface area contributed by atoms with Crippen molar-refractivity contribution in [1.82, 2.24) is 9.88 Å². The van der Waals surface area contributed by atoms with Crippen molar-refractivity contribution in [1.29, 1.82) is 0 Å². The summed E-state index contributed by atoms with van der Waals surface area (Å²) in [5, 5.41) is 11.8. The van der Waals surface area contributed by atoms with Crippen molar-refractivity contribution >= 4 is 16.5 Å². The quantitative estimate of drug-likeness (QED) is 0.825. The van der Waals surface area contributed by atoms with E-state index in [1.54, 1.807) is 5.38 Å². The predicted molar refractivity (Wildman–Crippen MR) is 62.6 cm³/mol. The van der Waals surface area contributed by atoms with Crippen LogP contribution < -0.4 is 4.90 Å². The zero-order chi connectivity index (χ0) is 11.0. The first kappa shape index (κ1) is 10.7. The van der Waals surface area contributed by atoms with Crippen molar-refractivity contribution in [3.8, 4) is 5.88 Å². The molecule has 1 aromatic rings. The van der Waals surface area contributed by atoms with Gasteiger partial charge in [0.05, 0.1) is 5.38 Å². The smallest absolute Gasteiger partial charge is 0.223 e. The molecule has 2 rings (SSSR count). The summed E-state index contributed by atoms with van der Waals surface area (Å²) in [5.41, 5.74) is 0. The van der Waals surface area contributed by atoms with E-state index in [9.17, 15) is 5.11 Å². The van der Waals surface area contributed by atoms with Crippen molar-refractivity contribution in [2.45, 2.75) is 13.0 Å². The van der Waals surface area contributed by atoms with Gasteiger partial charge in [0, 0.05) is 19.1 Å². The Morgan fingerprint density at radius 1 is 1.53 bits per heavy atom. The van der Waals surface area contributed by atoms with E-state index in [0.717, 1.165) is 18.2 Å². The first-order valence-electron chi connectivity index (χ1n) is 5.14. The Labute approximate surface area is 94.2 Å². The second-order valence-corrected chi connectivity index (χ2v) is 5.24. The summed E-state index contributed by atoms with van der Waals surface area (Å²) in [6, 6.07) is 0.580. The van der Waals surface area contributed by atoms with E-state index in [0.29, 0.717) is 12.0 Å². The second kappa shape index (κ2) is 3.98. The van der Waals surface area contributed by atoms with Crippen LogP contribution in [0.5, 0.6) is 5.88 Å². The molecular formula is C10H17N3OS. The molecule has 4 nitrogen and oxygen atoms in total. The largest absolute Gasteiger partial charge is 0.493 e. The molecule has 1 fully saturated rings. The average Bonchev–Trinajstić information content (AvgIpc) is 2.71. The highest BCUT2D eigenvalue weighted by Gasteiger charge is 2.32. The maximum absolute atomic E-state index is 9.22. The van der Waals surface area contributed by atoms with E-state index in [1.807, 2.05) is 0 Å². The Balaban J connectivity index is 2.09. The first-order chi connectivity index (χ1) is 7.08. The highest BCUT2D eigenvalue weighted by molar-refractivity contribution is 7.13. The standard InChI is InChI=1S/C10H17N3OS/c1-7-4-13(5-8(7)12(2)3)10-11-9(14)6-15-10/h6-8,14H,4-5H2,1-3H3. The van der Waals surface area contributed by atoms with E-state index in [4.69, 9.17) is 0 Å². The average molecular weight is 227 g/mol. The Bertz CT molecular complexity index is 339. The van der Waals surface area contributed by atoms with Crippen LogP contribution in [-0.2, 0) is 0 Å². The number of thiazole rings is 1. The molecule has 1 saturated heterocycles. The van der Waals surface area contributed by atoms with E-state index in [1.165, 1.54) is 11.3 Å². The van der Waals surface area contributed by atoms with Crippen LogP contribution in [0.1, 0.15) is 6.92 Å². The number of aromatic hydroxyl groups is 1. The number of aromatic nitrogens is 1. The monoisotopic (exact) mass is 227 g/mol. The highest BCUT2D eigenvalue weighted by Crippen LogP contribution is 2.30. The summed E-state index contributed by atoms with van der Waals surface area (Å²) in [4.78, 5) is 8.61. The minimum atomic E-state index is 0.135. The highest BCUT2D eigenvalue weighted by atomic mass is 32.1. The molecule has 15 heavy (non-hydrogen) atoms. The summed E-state index contributed by atoms with van der Waals surface area (Å²) in [5.74, 6) is 0.780. The summed E-state index contributed by atoms with van der Waals surface area (Å²) < 4.78 is 0. The van der Waals surface area contributed by atoms with Crippen LogP contribution in [0.4, 0.5) is 5.13 Å². The lowest BCUT2D eigenvalue weighted by molar-refractivity contribution is 0.266. The van der Waals surface area contributed by atoms with Crippen LogP contribution in [0.2, 0.25) is 0 Å². The molecule has 1 aromatic heterocycles. The lowest BCUT2D eigenvalue weighted by Crippen LogP contribution is -2.34. The van der Waals surface area contributed by atoms with Gasteiger partial charge >= 0.3 is 0 Å². The van der Waals surface area contributed by atoms with E-state index < -0.39 is 0 Å². The summed E-state index contributed by atoms with van der Waals surface area (Å²) in [6.45, 7) is 4.29. The zero-order valence-electron chi connectivity index (χ0n) is 9.34. The Hall–Kier alpha value is -0.810. The molecule has 1 N–H and O–H groups in total. The van der Waals surface area contributed by atoms with Gasteiger partial charge in [-0.3, -0.25) is 0 Å². The molecule has 0 aromatic carbocycles. The molecule has 1 aliphatic heterocycles. The topological polar surface area (TPSA) is 39.6 Å². The Morgan fingerprint density at radius 2 is 2.27 bits per heavy atom. The molecule has 0 saturated carbocycles. The van der Waals surface area contributed by atoms with Gasteiger partial charge in [-0.2, -0.15) is 4.98 Å². The lowest BCUT2D eigenvalue weighted by atomic mass is 10.1. The van der Waals surface area contributed by atoms with Crippen molar-refractivity contribution in [2.24, 2.45) is 5.92 Å². The summed E-state index contributed by atoms with van der Waals surface area (Å²) in [6.07, 6.45) is 0. The third-order valence-electron chi connectivity index (χ3n) is 2.99. The molecule has 0 radical (unpaired) electrons. The Morgan fingerprint density at radius 3 is 2.73 bits per heavy atom. The fraction of sp³-hybridized carbons (Fsp3) is 0.700. The van der Waals surface area contributed by atoms with Gasteiger partial charge in [0.1, 0.15) is 0 Å². The molecular weight excluding hydrogens is 210 g/mol. The minimum Gasteiger partial charge on any atom is -0.493 e. The Kier molecular flexibility index (Phi) is 2.84. The molecule has 0 aliphatic carbocycles. The van der Waals surface area contributed by atoms with E-state index in [-0.39, 0.29) is 5.88 Å². The molecule has 0 bridgehead atoms. The molecule has 1 aliphatic rings. The fourth-order valence-corrected chi connectivity index (χ4v) is 2.89. The van der Waals surface area contributed by atoms with Crippen LogP contribution in [0.3, 0.4) is 0 Å². The number of rotatable bonds is 2. The molecule has 2 unspecified atom stereocenters. The van der Waals surface area contributed by atoms with Crippen LogP contribution in [0.25, 0.3) is 0 Å². The third-order valence-corrected chi connectivity index (χ3v) is 3.88. The van der Waals surface area contributed by atoms with Crippen molar-refractivity contribution in [2.75, 3.05) is 32.1 Å². The van der Waals surface area contributed by atoms with Crippen molar-refractivity contribution < 1.29 is 5.11 Å². The van der Waals surface area contributed by atoms with Crippen LogP contribution in [0.15, 0.2) is 5.38 Å². The van der Waals surface area contributed by atoms with Gasteiger partial charge in [0.25, 0.3) is 0 Å². The third kappa shape index (κ3) is 2.08. The first-order valence-corrected chi connectivity index (χ1v) is 6.01. The number of nitrogens with zero attached hydrogens (tertiary/aromatic N) is 3. The van der Waals surface area contributed by atoms with Crippen molar-refractivity contribution in [3.05, 3.63) is 5.38 Å². The van der Waals surface area contributed by atoms with Gasteiger partial charge in [-0.05, 0) is 20.0 Å². The number of anilines is 1. The van der Waals surface area contributed by atoms with Gasteiger partial charge < -0.3 is 14.9 Å². The normalized spacial score (nSPS) is 26.5. The number of hydrogen-bond donors (Lipinski definition) is 1. The molecule has 0 spiro atoms.